The molecule has 1 unspecified atom stereocenters. The van der Waals surface area contributed by atoms with Crippen LogP contribution in [0.3, 0.4) is 0 Å². The minimum Gasteiger partial charge on any atom is -0.496 e. The number of carbonyl (C=O) groups is 2. The molecule has 1 aromatic rings. The molecule has 0 saturated carbocycles. The second kappa shape index (κ2) is 5.43. The number of esters is 2. The zero-order valence-electron chi connectivity index (χ0n) is 11.4. The first-order valence-corrected chi connectivity index (χ1v) is 6.42. The van der Waals surface area contributed by atoms with Crippen molar-refractivity contribution in [2.24, 2.45) is 5.92 Å². The van der Waals surface area contributed by atoms with Gasteiger partial charge in [0.25, 0.3) is 0 Å². The second-order valence-corrected chi connectivity index (χ2v) is 5.13. The molecule has 1 aliphatic heterocycles. The fraction of sp³-hybridized carbons (Fsp3) is 0.467. The summed E-state index contributed by atoms with van der Waals surface area (Å²) in [6.07, 6.45) is 0.718. The third kappa shape index (κ3) is 2.95. The molecule has 1 saturated heterocycles. The zero-order valence-corrected chi connectivity index (χ0v) is 11.4. The molecule has 0 radical (unpaired) electrons. The quantitative estimate of drug-likeness (QED) is 0.618. The summed E-state index contributed by atoms with van der Waals surface area (Å²) in [5.41, 5.74) is 2.14. The maximum atomic E-state index is 11.5. The Balaban J connectivity index is 2.19. The highest BCUT2D eigenvalue weighted by atomic mass is 16.6. The second-order valence-electron chi connectivity index (χ2n) is 5.13. The molecule has 1 atom stereocenters. The number of cyclic esters (lactones) is 2. The molecule has 4 nitrogen and oxygen atoms in total. The van der Waals surface area contributed by atoms with Crippen molar-refractivity contribution in [2.75, 3.05) is 7.11 Å². The first-order valence-electron chi connectivity index (χ1n) is 6.42. The highest BCUT2D eigenvalue weighted by Gasteiger charge is 2.33. The Morgan fingerprint density at radius 3 is 2.63 bits per heavy atom. The van der Waals surface area contributed by atoms with Crippen LogP contribution in [0.25, 0.3) is 0 Å². The zero-order chi connectivity index (χ0) is 14.0. The molecule has 1 heterocycles. The van der Waals surface area contributed by atoms with Crippen molar-refractivity contribution in [3.8, 4) is 5.75 Å². The molecule has 0 aliphatic carbocycles. The maximum absolute atomic E-state index is 11.5. The third-order valence-corrected chi connectivity index (χ3v) is 3.36. The van der Waals surface area contributed by atoms with Crippen molar-refractivity contribution in [3.05, 3.63) is 29.3 Å². The van der Waals surface area contributed by atoms with Crippen LogP contribution in [0.4, 0.5) is 0 Å². The Morgan fingerprint density at radius 1 is 1.37 bits per heavy atom. The Bertz CT molecular complexity index is 505. The monoisotopic (exact) mass is 262 g/mol. The Morgan fingerprint density at radius 2 is 2.11 bits per heavy atom. The van der Waals surface area contributed by atoms with Gasteiger partial charge in [0.05, 0.1) is 19.4 Å². The van der Waals surface area contributed by atoms with Gasteiger partial charge in [0.15, 0.2) is 0 Å². The molecule has 0 amide bonds. The van der Waals surface area contributed by atoms with Crippen molar-refractivity contribution in [2.45, 2.75) is 32.6 Å². The van der Waals surface area contributed by atoms with Gasteiger partial charge in [-0.1, -0.05) is 26.0 Å². The minimum atomic E-state index is -0.424. The molecule has 102 valence electrons. The lowest BCUT2D eigenvalue weighted by Crippen LogP contribution is -2.11. The van der Waals surface area contributed by atoms with Crippen LogP contribution in [-0.2, 0) is 20.7 Å². The number of carbonyl (C=O) groups excluding carboxylic acids is 2. The van der Waals surface area contributed by atoms with Crippen LogP contribution < -0.4 is 4.74 Å². The Hall–Kier alpha value is -1.84. The van der Waals surface area contributed by atoms with E-state index < -0.39 is 11.9 Å². The van der Waals surface area contributed by atoms with Crippen LogP contribution in [0.5, 0.6) is 5.75 Å². The van der Waals surface area contributed by atoms with E-state index in [1.807, 2.05) is 18.2 Å². The molecule has 1 fully saturated rings. The molecule has 4 heteroatoms. The van der Waals surface area contributed by atoms with Gasteiger partial charge in [0.1, 0.15) is 5.75 Å². The first kappa shape index (κ1) is 13.6. The predicted octanol–water partition coefficient (Wildman–Crippen LogP) is 2.45. The summed E-state index contributed by atoms with van der Waals surface area (Å²) < 4.78 is 9.89. The summed E-state index contributed by atoms with van der Waals surface area (Å²) in [5.74, 6) is 0.0105. The summed E-state index contributed by atoms with van der Waals surface area (Å²) in [5, 5.41) is 0. The Kier molecular flexibility index (Phi) is 3.88. The molecular formula is C15H18O4. The molecule has 2 rings (SSSR count). The van der Waals surface area contributed by atoms with Crippen LogP contribution in [-0.4, -0.2) is 19.0 Å². The largest absolute Gasteiger partial charge is 0.496 e. The van der Waals surface area contributed by atoms with E-state index in [-0.39, 0.29) is 12.3 Å². The SMILES string of the molecule is COc1ccc(CC2CC(=O)OC2=O)cc1C(C)C. The lowest BCUT2D eigenvalue weighted by Gasteiger charge is -2.14. The van der Waals surface area contributed by atoms with E-state index in [0.29, 0.717) is 12.3 Å². The van der Waals surface area contributed by atoms with Crippen LogP contribution in [0, 0.1) is 5.92 Å². The fourth-order valence-electron chi connectivity index (χ4n) is 2.32. The number of benzene rings is 1. The van der Waals surface area contributed by atoms with Crippen molar-refractivity contribution in [1.29, 1.82) is 0 Å². The standard InChI is InChI=1S/C15H18O4/c1-9(2)12-7-10(4-5-13(12)18-3)6-11-8-14(16)19-15(11)17/h4-5,7,9,11H,6,8H2,1-3H3. The number of rotatable bonds is 4. The van der Waals surface area contributed by atoms with Crippen LogP contribution in [0.2, 0.25) is 0 Å². The van der Waals surface area contributed by atoms with Gasteiger partial charge in [-0.3, -0.25) is 9.59 Å². The average molecular weight is 262 g/mol. The van der Waals surface area contributed by atoms with Crippen molar-refractivity contribution in [1.82, 2.24) is 0 Å². The van der Waals surface area contributed by atoms with Crippen molar-refractivity contribution in [3.63, 3.8) is 0 Å². The highest BCUT2D eigenvalue weighted by Crippen LogP contribution is 2.29. The Labute approximate surface area is 112 Å². The first-order chi connectivity index (χ1) is 9.01. The molecule has 0 spiro atoms. The summed E-state index contributed by atoms with van der Waals surface area (Å²) in [6, 6.07) is 5.88. The topological polar surface area (TPSA) is 52.6 Å². The molecular weight excluding hydrogens is 244 g/mol. The number of methoxy groups -OCH3 is 1. The van der Waals surface area contributed by atoms with Gasteiger partial charge in [0.2, 0.25) is 0 Å². The van der Waals surface area contributed by atoms with Gasteiger partial charge in [-0.25, -0.2) is 0 Å². The smallest absolute Gasteiger partial charge is 0.317 e. The average Bonchev–Trinajstić information content (AvgIpc) is 2.67. The summed E-state index contributed by atoms with van der Waals surface area (Å²) in [4.78, 5) is 22.5. The number of hydrogen-bond donors (Lipinski definition) is 0. The van der Waals surface area contributed by atoms with Crippen LogP contribution in [0.1, 0.15) is 37.3 Å². The maximum Gasteiger partial charge on any atom is 0.317 e. The lowest BCUT2D eigenvalue weighted by atomic mass is 9.93. The van der Waals surface area contributed by atoms with E-state index in [2.05, 4.69) is 18.6 Å². The van der Waals surface area contributed by atoms with Gasteiger partial charge in [-0.05, 0) is 29.5 Å². The van der Waals surface area contributed by atoms with E-state index in [0.717, 1.165) is 16.9 Å². The van der Waals surface area contributed by atoms with Gasteiger partial charge in [-0.2, -0.15) is 0 Å². The van der Waals surface area contributed by atoms with E-state index >= 15 is 0 Å². The fourth-order valence-corrected chi connectivity index (χ4v) is 2.32. The van der Waals surface area contributed by atoms with E-state index in [4.69, 9.17) is 4.74 Å². The van der Waals surface area contributed by atoms with E-state index in [1.165, 1.54) is 0 Å². The lowest BCUT2D eigenvalue weighted by molar-refractivity contribution is -0.153. The summed E-state index contributed by atoms with van der Waals surface area (Å²) in [7, 11) is 1.65. The van der Waals surface area contributed by atoms with E-state index in [1.54, 1.807) is 7.11 Å². The third-order valence-electron chi connectivity index (χ3n) is 3.36. The van der Waals surface area contributed by atoms with Crippen LogP contribution in [0.15, 0.2) is 18.2 Å². The van der Waals surface area contributed by atoms with Crippen LogP contribution >= 0.6 is 0 Å². The number of hydrogen-bond acceptors (Lipinski definition) is 4. The number of ether oxygens (including phenoxy) is 2. The molecule has 0 N–H and O–H groups in total. The van der Waals surface area contributed by atoms with Gasteiger partial charge in [0, 0.05) is 0 Å². The highest BCUT2D eigenvalue weighted by molar-refractivity contribution is 5.94. The molecule has 19 heavy (non-hydrogen) atoms. The van der Waals surface area contributed by atoms with Gasteiger partial charge >= 0.3 is 11.9 Å². The summed E-state index contributed by atoms with van der Waals surface area (Å²) >= 11 is 0. The van der Waals surface area contributed by atoms with Gasteiger partial charge < -0.3 is 9.47 Å². The minimum absolute atomic E-state index is 0.182. The summed E-state index contributed by atoms with van der Waals surface area (Å²) in [6.45, 7) is 4.18. The van der Waals surface area contributed by atoms with Crippen molar-refractivity contribution >= 4 is 11.9 Å². The predicted molar refractivity (Wildman–Crippen MR) is 70.0 cm³/mol. The van der Waals surface area contributed by atoms with Gasteiger partial charge in [-0.15, -0.1) is 0 Å². The molecule has 0 aromatic heterocycles. The molecule has 1 aliphatic rings. The normalized spacial score (nSPS) is 18.8. The molecule has 1 aromatic carbocycles. The van der Waals surface area contributed by atoms with E-state index in [9.17, 15) is 9.59 Å². The molecule has 0 bridgehead atoms. The van der Waals surface area contributed by atoms with Crippen molar-refractivity contribution < 1.29 is 19.1 Å².